The Balaban J connectivity index is 2.79. The number of aromatic nitrogens is 1. The second-order valence-electron chi connectivity index (χ2n) is 1.64. The highest BCUT2D eigenvalue weighted by Crippen LogP contribution is 2.12. The van der Waals surface area contributed by atoms with Crippen molar-refractivity contribution in [2.45, 2.75) is 0 Å². The van der Waals surface area contributed by atoms with Crippen LogP contribution in [0.3, 0.4) is 0 Å². The van der Waals surface area contributed by atoms with Crippen molar-refractivity contribution >= 4 is 33.0 Å². The molecular formula is C6H3BrClNO2. The van der Waals surface area contributed by atoms with Crippen molar-refractivity contribution in [3.05, 3.63) is 22.8 Å². The fourth-order valence-corrected chi connectivity index (χ4v) is 0.935. The number of hydrogen-bond acceptors (Lipinski definition) is 3. The van der Waals surface area contributed by atoms with Crippen LogP contribution in [0.4, 0.5) is 4.79 Å². The number of carbonyl (C=O) groups is 1. The normalized spacial score (nSPS) is 9.27. The molecule has 5 heteroatoms. The van der Waals surface area contributed by atoms with Gasteiger partial charge in [0.15, 0.2) is 0 Å². The zero-order valence-electron chi connectivity index (χ0n) is 5.25. The molecule has 0 N–H and O–H groups in total. The van der Waals surface area contributed by atoms with Gasteiger partial charge in [0.25, 0.3) is 0 Å². The molecule has 0 aliphatic heterocycles. The molecule has 1 aromatic heterocycles. The molecule has 1 aromatic rings. The van der Waals surface area contributed by atoms with Gasteiger partial charge < -0.3 is 4.74 Å². The minimum atomic E-state index is -0.893. The highest BCUT2D eigenvalue weighted by atomic mass is 79.9. The summed E-state index contributed by atoms with van der Waals surface area (Å²) in [5.41, 5.74) is -0.893. The lowest BCUT2D eigenvalue weighted by molar-refractivity contribution is 0.224. The van der Waals surface area contributed by atoms with E-state index in [1.165, 1.54) is 6.07 Å². The Morgan fingerprint density at radius 2 is 2.36 bits per heavy atom. The molecular weight excluding hydrogens is 233 g/mol. The summed E-state index contributed by atoms with van der Waals surface area (Å²) in [7, 11) is 0. The van der Waals surface area contributed by atoms with Gasteiger partial charge in [-0.05, 0) is 22.0 Å². The van der Waals surface area contributed by atoms with Crippen molar-refractivity contribution in [3.8, 4) is 5.88 Å². The van der Waals surface area contributed by atoms with E-state index in [1.54, 1.807) is 12.1 Å². The average Bonchev–Trinajstić information content (AvgIpc) is 1.85. The third-order valence-corrected chi connectivity index (χ3v) is 1.39. The Kier molecular flexibility index (Phi) is 2.84. The first-order valence-corrected chi connectivity index (χ1v) is 3.85. The Morgan fingerprint density at radius 1 is 1.64 bits per heavy atom. The summed E-state index contributed by atoms with van der Waals surface area (Å²) < 4.78 is 5.07. The lowest BCUT2D eigenvalue weighted by atomic mass is 10.5. The molecule has 0 aliphatic rings. The third kappa shape index (κ3) is 2.86. The summed E-state index contributed by atoms with van der Waals surface area (Å²) in [5.74, 6) is 0.180. The van der Waals surface area contributed by atoms with Gasteiger partial charge in [0.05, 0.1) is 0 Å². The zero-order valence-corrected chi connectivity index (χ0v) is 7.59. The van der Waals surface area contributed by atoms with Crippen LogP contribution in [0.1, 0.15) is 0 Å². The quantitative estimate of drug-likeness (QED) is 0.556. The van der Waals surface area contributed by atoms with Gasteiger partial charge in [-0.25, -0.2) is 9.78 Å². The number of rotatable bonds is 1. The molecule has 0 unspecified atom stereocenters. The molecule has 11 heavy (non-hydrogen) atoms. The summed E-state index contributed by atoms with van der Waals surface area (Å²) in [6, 6.07) is 4.93. The molecule has 1 rings (SSSR count). The van der Waals surface area contributed by atoms with Crippen LogP contribution in [0.25, 0.3) is 0 Å². The topological polar surface area (TPSA) is 39.2 Å². The Hall–Kier alpha value is -0.610. The Bertz CT molecular complexity index is 279. The van der Waals surface area contributed by atoms with E-state index in [0.29, 0.717) is 4.60 Å². The lowest BCUT2D eigenvalue weighted by Gasteiger charge is -1.96. The molecule has 58 valence electrons. The number of pyridine rings is 1. The highest BCUT2D eigenvalue weighted by molar-refractivity contribution is 9.10. The van der Waals surface area contributed by atoms with E-state index in [9.17, 15) is 4.79 Å². The van der Waals surface area contributed by atoms with Gasteiger partial charge in [-0.15, -0.1) is 0 Å². The summed E-state index contributed by atoms with van der Waals surface area (Å²) in [6.07, 6.45) is 0. The zero-order chi connectivity index (χ0) is 8.27. The minimum absolute atomic E-state index is 0.180. The smallest absolute Gasteiger partial charge is 0.395 e. The number of ether oxygens (including phenoxy) is 1. The van der Waals surface area contributed by atoms with Crippen LogP contribution in [-0.4, -0.2) is 10.4 Å². The van der Waals surface area contributed by atoms with E-state index in [1.807, 2.05) is 0 Å². The first-order valence-electron chi connectivity index (χ1n) is 2.68. The summed E-state index contributed by atoms with van der Waals surface area (Å²) in [4.78, 5) is 14.0. The Labute approximate surface area is 76.5 Å². The van der Waals surface area contributed by atoms with Crippen molar-refractivity contribution < 1.29 is 9.53 Å². The molecule has 0 bridgehead atoms. The van der Waals surface area contributed by atoms with E-state index in [2.05, 4.69) is 25.7 Å². The molecule has 0 aromatic carbocycles. The third-order valence-electron chi connectivity index (χ3n) is 0.874. The fourth-order valence-electron chi connectivity index (χ4n) is 0.529. The second-order valence-corrected chi connectivity index (χ2v) is 2.76. The van der Waals surface area contributed by atoms with Crippen molar-refractivity contribution in [1.29, 1.82) is 0 Å². The van der Waals surface area contributed by atoms with Crippen molar-refractivity contribution in [3.63, 3.8) is 0 Å². The van der Waals surface area contributed by atoms with E-state index in [-0.39, 0.29) is 5.88 Å². The van der Waals surface area contributed by atoms with E-state index >= 15 is 0 Å². The average molecular weight is 236 g/mol. The molecule has 0 amide bonds. The lowest BCUT2D eigenvalue weighted by Crippen LogP contribution is -1.97. The van der Waals surface area contributed by atoms with Crippen molar-refractivity contribution in [2.24, 2.45) is 0 Å². The number of halogens is 2. The van der Waals surface area contributed by atoms with Gasteiger partial charge in [0.2, 0.25) is 5.88 Å². The first-order chi connectivity index (χ1) is 5.18. The van der Waals surface area contributed by atoms with E-state index in [4.69, 9.17) is 11.6 Å². The van der Waals surface area contributed by atoms with Crippen molar-refractivity contribution in [1.82, 2.24) is 4.98 Å². The van der Waals surface area contributed by atoms with Gasteiger partial charge in [-0.2, -0.15) is 0 Å². The maximum Gasteiger partial charge on any atom is 0.410 e. The van der Waals surface area contributed by atoms with Crippen LogP contribution >= 0.6 is 27.5 Å². The second kappa shape index (κ2) is 3.69. The predicted octanol–water partition coefficient (Wildman–Crippen LogP) is 2.58. The standard InChI is InChI=1S/C6H3BrClNO2/c7-4-2-1-3-5(9-4)11-6(8)10/h1-3H. The van der Waals surface area contributed by atoms with Gasteiger partial charge in [0.1, 0.15) is 4.60 Å². The molecule has 1 heterocycles. The molecule has 0 aliphatic carbocycles. The number of hydrogen-bond donors (Lipinski definition) is 0. The van der Waals surface area contributed by atoms with Crippen LogP contribution in [0, 0.1) is 0 Å². The molecule has 0 radical (unpaired) electrons. The van der Waals surface area contributed by atoms with Crippen LogP contribution in [-0.2, 0) is 0 Å². The molecule has 0 atom stereocenters. The van der Waals surface area contributed by atoms with E-state index < -0.39 is 5.43 Å². The summed E-state index contributed by atoms with van der Waals surface area (Å²) in [6.45, 7) is 0. The molecule has 0 saturated heterocycles. The van der Waals surface area contributed by atoms with Crippen LogP contribution in [0.2, 0.25) is 0 Å². The van der Waals surface area contributed by atoms with Crippen LogP contribution in [0.15, 0.2) is 22.8 Å². The van der Waals surface area contributed by atoms with Crippen LogP contribution < -0.4 is 4.74 Å². The van der Waals surface area contributed by atoms with Gasteiger partial charge in [0, 0.05) is 17.7 Å². The SMILES string of the molecule is O=C(Cl)Oc1cccc(Br)n1. The maximum atomic E-state index is 10.2. The number of carbonyl (C=O) groups excluding carboxylic acids is 1. The summed E-state index contributed by atoms with van der Waals surface area (Å²) in [5, 5.41) is 0. The highest BCUT2D eigenvalue weighted by Gasteiger charge is 2.00. The van der Waals surface area contributed by atoms with Crippen LogP contribution in [0.5, 0.6) is 5.88 Å². The van der Waals surface area contributed by atoms with E-state index in [0.717, 1.165) is 0 Å². The summed E-state index contributed by atoms with van der Waals surface area (Å²) >= 11 is 8.05. The molecule has 0 spiro atoms. The number of nitrogens with zero attached hydrogens (tertiary/aromatic N) is 1. The predicted molar refractivity (Wildman–Crippen MR) is 43.8 cm³/mol. The first kappa shape index (κ1) is 8.49. The maximum absolute atomic E-state index is 10.2. The monoisotopic (exact) mass is 235 g/mol. The minimum Gasteiger partial charge on any atom is -0.395 e. The largest absolute Gasteiger partial charge is 0.410 e. The van der Waals surface area contributed by atoms with Crippen molar-refractivity contribution in [2.75, 3.05) is 0 Å². The Morgan fingerprint density at radius 3 is 2.91 bits per heavy atom. The molecule has 0 saturated carbocycles. The van der Waals surface area contributed by atoms with Gasteiger partial charge >= 0.3 is 5.43 Å². The van der Waals surface area contributed by atoms with Gasteiger partial charge in [-0.1, -0.05) is 6.07 Å². The van der Waals surface area contributed by atoms with Gasteiger partial charge in [-0.3, -0.25) is 0 Å². The molecule has 3 nitrogen and oxygen atoms in total. The molecule has 0 fully saturated rings. The fraction of sp³-hybridized carbons (Fsp3) is 0.